The molecule has 19 heavy (non-hydrogen) atoms. The van der Waals surface area contributed by atoms with Crippen molar-refractivity contribution < 1.29 is 0 Å². The number of nitrogens with zero attached hydrogens (tertiary/aromatic N) is 3. The number of rotatable bonds is 2. The Hall–Kier alpha value is -2.49. The van der Waals surface area contributed by atoms with Gasteiger partial charge in [-0.05, 0) is 18.2 Å². The number of para-hydroxylation sites is 2. The molecular weight excluding hydrogens is 236 g/mol. The Kier molecular flexibility index (Phi) is 2.63. The number of hydrogen-bond donors (Lipinski definition) is 1. The topological polar surface area (TPSA) is 31.4 Å². The predicted molar refractivity (Wildman–Crippen MR) is 79.9 cm³/mol. The van der Waals surface area contributed by atoms with Crippen LogP contribution in [0.25, 0.3) is 0 Å². The summed E-state index contributed by atoms with van der Waals surface area (Å²) in [6.07, 6.45) is 1.80. The highest BCUT2D eigenvalue weighted by molar-refractivity contribution is 5.88. The zero-order valence-electron chi connectivity index (χ0n) is 11.1. The van der Waals surface area contributed by atoms with E-state index in [-0.39, 0.29) is 0 Å². The maximum atomic E-state index is 4.25. The van der Waals surface area contributed by atoms with Gasteiger partial charge in [-0.3, -0.25) is 4.90 Å². The molecule has 1 aliphatic rings. The Morgan fingerprint density at radius 1 is 1.16 bits per heavy atom. The van der Waals surface area contributed by atoms with Crippen LogP contribution in [0, 0.1) is 0 Å². The van der Waals surface area contributed by atoms with Gasteiger partial charge in [-0.2, -0.15) is 0 Å². The first kappa shape index (κ1) is 11.6. The van der Waals surface area contributed by atoms with Crippen molar-refractivity contribution in [2.45, 2.75) is 0 Å². The van der Waals surface area contributed by atoms with Gasteiger partial charge in [-0.25, -0.2) is 4.98 Å². The Morgan fingerprint density at radius 2 is 1.89 bits per heavy atom. The second-order valence-corrected chi connectivity index (χ2v) is 4.45. The van der Waals surface area contributed by atoms with E-state index in [4.69, 9.17) is 0 Å². The molecule has 0 bridgehead atoms. The van der Waals surface area contributed by atoms with Crippen molar-refractivity contribution in [1.29, 1.82) is 0 Å². The molecule has 0 saturated carbocycles. The molecule has 1 aromatic heterocycles. The molecule has 4 nitrogen and oxygen atoms in total. The van der Waals surface area contributed by atoms with Gasteiger partial charge in [0.2, 0.25) is 0 Å². The van der Waals surface area contributed by atoms with Crippen molar-refractivity contribution >= 4 is 22.9 Å². The molecule has 1 aliphatic heterocycles. The standard InChI is InChI=1S/C15H16N4/c1-11-18(3)13-6-4-5-7-14(13)19(11)12-8-9-17-15(10-12)16-2/h4-10H,1H2,2-3H3,(H,16,17). The van der Waals surface area contributed by atoms with Crippen molar-refractivity contribution in [3.05, 3.63) is 55.0 Å². The molecule has 2 aromatic rings. The highest BCUT2D eigenvalue weighted by atomic mass is 15.4. The van der Waals surface area contributed by atoms with Crippen LogP contribution in [0.3, 0.4) is 0 Å². The molecule has 96 valence electrons. The molecule has 0 aliphatic carbocycles. The fourth-order valence-corrected chi connectivity index (χ4v) is 2.35. The number of hydrogen-bond acceptors (Lipinski definition) is 4. The Labute approximate surface area is 113 Å². The Balaban J connectivity index is 2.12. The van der Waals surface area contributed by atoms with E-state index in [0.29, 0.717) is 0 Å². The van der Waals surface area contributed by atoms with Crippen LogP contribution in [0.1, 0.15) is 0 Å². The highest BCUT2D eigenvalue weighted by Gasteiger charge is 2.28. The van der Waals surface area contributed by atoms with Crippen LogP contribution in [0.15, 0.2) is 55.0 Å². The second-order valence-electron chi connectivity index (χ2n) is 4.45. The molecule has 3 rings (SSSR count). The van der Waals surface area contributed by atoms with E-state index in [2.05, 4.69) is 38.8 Å². The van der Waals surface area contributed by atoms with E-state index in [0.717, 1.165) is 28.7 Å². The summed E-state index contributed by atoms with van der Waals surface area (Å²) >= 11 is 0. The lowest BCUT2D eigenvalue weighted by Gasteiger charge is -2.22. The minimum absolute atomic E-state index is 0.845. The molecule has 2 heterocycles. The summed E-state index contributed by atoms with van der Waals surface area (Å²) in [6, 6.07) is 12.3. The van der Waals surface area contributed by atoms with E-state index in [1.54, 1.807) is 6.20 Å². The van der Waals surface area contributed by atoms with Crippen molar-refractivity contribution in [2.24, 2.45) is 0 Å². The van der Waals surface area contributed by atoms with E-state index in [1.807, 2.05) is 38.4 Å². The summed E-state index contributed by atoms with van der Waals surface area (Å²) in [5, 5.41) is 3.06. The third-order valence-corrected chi connectivity index (χ3v) is 3.39. The Bertz CT molecular complexity index is 636. The van der Waals surface area contributed by atoms with E-state index in [9.17, 15) is 0 Å². The average molecular weight is 252 g/mol. The minimum atomic E-state index is 0.845. The zero-order chi connectivity index (χ0) is 13.4. The third-order valence-electron chi connectivity index (χ3n) is 3.39. The Morgan fingerprint density at radius 3 is 2.63 bits per heavy atom. The van der Waals surface area contributed by atoms with E-state index >= 15 is 0 Å². The van der Waals surface area contributed by atoms with Gasteiger partial charge in [-0.15, -0.1) is 0 Å². The quantitative estimate of drug-likeness (QED) is 0.889. The van der Waals surface area contributed by atoms with Crippen molar-refractivity contribution in [1.82, 2.24) is 4.98 Å². The highest BCUT2D eigenvalue weighted by Crippen LogP contribution is 2.44. The summed E-state index contributed by atoms with van der Waals surface area (Å²) in [5.74, 6) is 1.78. The first-order valence-electron chi connectivity index (χ1n) is 6.18. The van der Waals surface area contributed by atoms with Gasteiger partial charge in [0.05, 0.1) is 17.1 Å². The fourth-order valence-electron chi connectivity index (χ4n) is 2.35. The number of fused-ring (bicyclic) bond motifs is 1. The minimum Gasteiger partial charge on any atom is -0.373 e. The van der Waals surface area contributed by atoms with Crippen molar-refractivity contribution in [3.8, 4) is 0 Å². The second kappa shape index (κ2) is 4.31. The molecule has 0 spiro atoms. The monoisotopic (exact) mass is 252 g/mol. The summed E-state index contributed by atoms with van der Waals surface area (Å²) in [6.45, 7) is 4.17. The maximum absolute atomic E-state index is 4.25. The SMILES string of the molecule is C=C1N(C)c2ccccc2N1c1ccnc(NC)c1. The van der Waals surface area contributed by atoms with Crippen LogP contribution in [0.5, 0.6) is 0 Å². The van der Waals surface area contributed by atoms with Gasteiger partial charge < -0.3 is 10.2 Å². The number of benzene rings is 1. The smallest absolute Gasteiger partial charge is 0.127 e. The van der Waals surface area contributed by atoms with Crippen molar-refractivity contribution in [2.75, 3.05) is 29.2 Å². The molecule has 0 unspecified atom stereocenters. The number of pyridine rings is 1. The molecule has 0 amide bonds. The first-order valence-corrected chi connectivity index (χ1v) is 6.18. The van der Waals surface area contributed by atoms with Crippen LogP contribution in [0.2, 0.25) is 0 Å². The number of anilines is 4. The first-order chi connectivity index (χ1) is 9.22. The van der Waals surface area contributed by atoms with Gasteiger partial charge in [0.15, 0.2) is 0 Å². The summed E-state index contributed by atoms with van der Waals surface area (Å²) in [4.78, 5) is 8.48. The van der Waals surface area contributed by atoms with Crippen molar-refractivity contribution in [3.63, 3.8) is 0 Å². The molecule has 0 saturated heterocycles. The van der Waals surface area contributed by atoms with Crippen LogP contribution >= 0.6 is 0 Å². The van der Waals surface area contributed by atoms with Gasteiger partial charge >= 0.3 is 0 Å². The van der Waals surface area contributed by atoms with Crippen LogP contribution < -0.4 is 15.1 Å². The molecule has 1 aromatic carbocycles. The van der Waals surface area contributed by atoms with E-state index < -0.39 is 0 Å². The van der Waals surface area contributed by atoms with Gasteiger partial charge in [0, 0.05) is 26.4 Å². The molecule has 4 heteroatoms. The number of aromatic nitrogens is 1. The van der Waals surface area contributed by atoms with Gasteiger partial charge in [0.1, 0.15) is 11.6 Å². The lowest BCUT2D eigenvalue weighted by atomic mass is 10.2. The third kappa shape index (κ3) is 1.73. The number of nitrogens with one attached hydrogen (secondary N) is 1. The summed E-state index contributed by atoms with van der Waals surface area (Å²) in [5.41, 5.74) is 3.36. The molecule has 1 N–H and O–H groups in total. The molecule has 0 fully saturated rings. The fraction of sp³-hybridized carbons (Fsp3) is 0.133. The van der Waals surface area contributed by atoms with Crippen LogP contribution in [0.4, 0.5) is 22.9 Å². The van der Waals surface area contributed by atoms with Gasteiger partial charge in [0.25, 0.3) is 0 Å². The molecule has 0 radical (unpaired) electrons. The maximum Gasteiger partial charge on any atom is 0.127 e. The normalized spacial score (nSPS) is 13.7. The lowest BCUT2D eigenvalue weighted by molar-refractivity contribution is 1.09. The van der Waals surface area contributed by atoms with Crippen LogP contribution in [-0.4, -0.2) is 19.1 Å². The summed E-state index contributed by atoms with van der Waals surface area (Å²) in [7, 11) is 3.90. The average Bonchev–Trinajstić information content (AvgIpc) is 2.72. The predicted octanol–water partition coefficient (Wildman–Crippen LogP) is 3.18. The zero-order valence-corrected chi connectivity index (χ0v) is 11.1. The summed E-state index contributed by atoms with van der Waals surface area (Å²) < 4.78 is 0. The van der Waals surface area contributed by atoms with E-state index in [1.165, 1.54) is 0 Å². The van der Waals surface area contributed by atoms with Crippen LogP contribution in [-0.2, 0) is 0 Å². The van der Waals surface area contributed by atoms with Gasteiger partial charge in [-0.1, -0.05) is 18.7 Å². The lowest BCUT2D eigenvalue weighted by Crippen LogP contribution is -2.20. The molecular formula is C15H16N4. The largest absolute Gasteiger partial charge is 0.373 e. The molecule has 0 atom stereocenters.